The Morgan fingerprint density at radius 3 is 3.00 bits per heavy atom. The number of amides is 1. The molecule has 0 radical (unpaired) electrons. The molecule has 2 aliphatic heterocycles. The van der Waals surface area contributed by atoms with Gasteiger partial charge in [0.15, 0.2) is 0 Å². The summed E-state index contributed by atoms with van der Waals surface area (Å²) in [4.78, 5) is 14.7. The van der Waals surface area contributed by atoms with E-state index in [2.05, 4.69) is 15.9 Å². The third kappa shape index (κ3) is 2.56. The van der Waals surface area contributed by atoms with Crippen molar-refractivity contribution in [2.45, 2.75) is 25.0 Å². The fraction of sp³-hybridized carbons (Fsp3) is 0.533. The van der Waals surface area contributed by atoms with E-state index in [0.717, 1.165) is 16.6 Å². The number of benzene rings is 1. The zero-order chi connectivity index (χ0) is 14.1. The second kappa shape index (κ2) is 5.74. The summed E-state index contributed by atoms with van der Waals surface area (Å²) in [5.74, 6) is 0.813. The van der Waals surface area contributed by atoms with Crippen molar-refractivity contribution in [3.8, 4) is 5.75 Å². The highest BCUT2D eigenvalue weighted by Crippen LogP contribution is 2.35. The van der Waals surface area contributed by atoms with Gasteiger partial charge in [0, 0.05) is 24.0 Å². The number of para-hydroxylation sites is 1. The van der Waals surface area contributed by atoms with E-state index in [1.165, 1.54) is 0 Å². The summed E-state index contributed by atoms with van der Waals surface area (Å²) < 4.78 is 11.4. The van der Waals surface area contributed by atoms with E-state index in [0.29, 0.717) is 19.7 Å². The van der Waals surface area contributed by atoms with Crippen LogP contribution in [0.1, 0.15) is 18.4 Å². The molecule has 3 unspecified atom stereocenters. The van der Waals surface area contributed by atoms with Crippen molar-refractivity contribution < 1.29 is 14.3 Å². The first-order valence-corrected chi connectivity index (χ1v) is 8.03. The maximum absolute atomic E-state index is 12.7. The molecule has 0 saturated carbocycles. The fourth-order valence-electron chi connectivity index (χ4n) is 2.90. The van der Waals surface area contributed by atoms with Crippen LogP contribution in [0, 0.1) is 0 Å². The van der Waals surface area contributed by atoms with Gasteiger partial charge >= 0.3 is 0 Å². The molecule has 1 aromatic rings. The molecule has 5 heteroatoms. The number of nitrogens with zero attached hydrogens (tertiary/aromatic N) is 1. The van der Waals surface area contributed by atoms with E-state index < -0.39 is 0 Å². The average molecular weight is 340 g/mol. The van der Waals surface area contributed by atoms with Gasteiger partial charge in [0.25, 0.3) is 0 Å². The Labute approximate surface area is 127 Å². The summed E-state index contributed by atoms with van der Waals surface area (Å²) in [6.07, 6.45) is 0.146. The Balaban J connectivity index is 1.76. The van der Waals surface area contributed by atoms with Crippen molar-refractivity contribution in [3.63, 3.8) is 0 Å². The second-order valence-electron chi connectivity index (χ2n) is 5.37. The van der Waals surface area contributed by atoms with E-state index in [1.54, 1.807) is 0 Å². The van der Waals surface area contributed by atoms with Gasteiger partial charge < -0.3 is 14.4 Å². The molecule has 0 aromatic heterocycles. The van der Waals surface area contributed by atoms with E-state index in [1.807, 2.05) is 36.1 Å². The molecular weight excluding hydrogens is 322 g/mol. The van der Waals surface area contributed by atoms with Crippen LogP contribution >= 0.6 is 15.9 Å². The second-order valence-corrected chi connectivity index (χ2v) is 6.02. The molecule has 4 nitrogen and oxygen atoms in total. The van der Waals surface area contributed by atoms with Crippen molar-refractivity contribution in [1.29, 1.82) is 0 Å². The molecule has 3 rings (SSSR count). The lowest BCUT2D eigenvalue weighted by molar-refractivity contribution is -0.144. The first-order chi connectivity index (χ1) is 9.69. The predicted octanol–water partition coefficient (Wildman–Crippen LogP) is 2.17. The van der Waals surface area contributed by atoms with Crippen LogP contribution in [0.3, 0.4) is 0 Å². The van der Waals surface area contributed by atoms with Crippen LogP contribution in [0.5, 0.6) is 5.75 Å². The average Bonchev–Trinajstić information content (AvgIpc) is 2.89. The van der Waals surface area contributed by atoms with Crippen LogP contribution in [-0.4, -0.2) is 48.0 Å². The fourth-order valence-corrected chi connectivity index (χ4v) is 3.26. The number of hydrogen-bond acceptors (Lipinski definition) is 3. The Kier molecular flexibility index (Phi) is 3.98. The molecule has 20 heavy (non-hydrogen) atoms. The Bertz CT molecular complexity index is 508. The van der Waals surface area contributed by atoms with Crippen LogP contribution in [0.25, 0.3) is 0 Å². The van der Waals surface area contributed by atoms with E-state index in [-0.39, 0.29) is 24.0 Å². The maximum atomic E-state index is 12.7. The van der Waals surface area contributed by atoms with Crippen molar-refractivity contribution in [2.75, 3.05) is 25.0 Å². The van der Waals surface area contributed by atoms with Gasteiger partial charge in [-0.15, -0.1) is 0 Å². The van der Waals surface area contributed by atoms with Gasteiger partial charge in [-0.2, -0.15) is 0 Å². The SMILES string of the molecule is CC1CN(C(=O)C2COc3ccccc32)CC(CBr)O1. The Morgan fingerprint density at radius 1 is 1.40 bits per heavy atom. The minimum Gasteiger partial charge on any atom is -0.492 e. The summed E-state index contributed by atoms with van der Waals surface area (Å²) in [5, 5.41) is 0.749. The van der Waals surface area contributed by atoms with Gasteiger partial charge in [0.1, 0.15) is 18.3 Å². The van der Waals surface area contributed by atoms with Gasteiger partial charge in [-0.25, -0.2) is 0 Å². The van der Waals surface area contributed by atoms with E-state index in [4.69, 9.17) is 9.47 Å². The summed E-state index contributed by atoms with van der Waals surface area (Å²) in [7, 11) is 0. The zero-order valence-electron chi connectivity index (χ0n) is 11.4. The maximum Gasteiger partial charge on any atom is 0.233 e. The molecule has 3 atom stereocenters. The lowest BCUT2D eigenvalue weighted by atomic mass is 9.99. The number of ether oxygens (including phenoxy) is 2. The number of alkyl halides is 1. The third-order valence-corrected chi connectivity index (χ3v) is 4.53. The van der Waals surface area contributed by atoms with Crippen LogP contribution in [0.15, 0.2) is 24.3 Å². The third-order valence-electron chi connectivity index (χ3n) is 3.81. The molecular formula is C15H18BrNO3. The Hall–Kier alpha value is -1.07. The summed E-state index contributed by atoms with van der Waals surface area (Å²) in [6.45, 7) is 3.76. The molecule has 1 aromatic carbocycles. The Morgan fingerprint density at radius 2 is 2.20 bits per heavy atom. The molecule has 1 saturated heterocycles. The van der Waals surface area contributed by atoms with Gasteiger partial charge in [0.05, 0.1) is 12.2 Å². The van der Waals surface area contributed by atoms with Gasteiger partial charge in [0.2, 0.25) is 5.91 Å². The first-order valence-electron chi connectivity index (χ1n) is 6.91. The topological polar surface area (TPSA) is 38.8 Å². The monoisotopic (exact) mass is 339 g/mol. The predicted molar refractivity (Wildman–Crippen MR) is 79.4 cm³/mol. The molecule has 1 amide bonds. The summed E-state index contributed by atoms with van der Waals surface area (Å²) >= 11 is 3.44. The van der Waals surface area contributed by atoms with Gasteiger partial charge in [-0.3, -0.25) is 4.79 Å². The van der Waals surface area contributed by atoms with Crippen molar-refractivity contribution in [2.24, 2.45) is 0 Å². The highest BCUT2D eigenvalue weighted by molar-refractivity contribution is 9.09. The molecule has 2 aliphatic rings. The normalized spacial score (nSPS) is 28.9. The smallest absolute Gasteiger partial charge is 0.233 e. The van der Waals surface area contributed by atoms with Crippen LogP contribution in [0.2, 0.25) is 0 Å². The number of morpholine rings is 1. The number of fused-ring (bicyclic) bond motifs is 1. The lowest BCUT2D eigenvalue weighted by Crippen LogP contribution is -2.51. The number of carbonyl (C=O) groups excluding carboxylic acids is 1. The van der Waals surface area contributed by atoms with Crippen LogP contribution in [-0.2, 0) is 9.53 Å². The summed E-state index contributed by atoms with van der Waals surface area (Å²) in [5.41, 5.74) is 1.01. The minimum absolute atomic E-state index is 0.0697. The number of halogens is 1. The lowest BCUT2D eigenvalue weighted by Gasteiger charge is -2.37. The van der Waals surface area contributed by atoms with E-state index in [9.17, 15) is 4.79 Å². The largest absolute Gasteiger partial charge is 0.492 e. The highest BCUT2D eigenvalue weighted by Gasteiger charge is 2.36. The molecule has 108 valence electrons. The van der Waals surface area contributed by atoms with Crippen LogP contribution < -0.4 is 4.74 Å². The molecule has 0 spiro atoms. The first kappa shape index (κ1) is 13.9. The van der Waals surface area contributed by atoms with Gasteiger partial charge in [-0.1, -0.05) is 34.1 Å². The zero-order valence-corrected chi connectivity index (χ0v) is 13.0. The molecule has 1 fully saturated rings. The van der Waals surface area contributed by atoms with Crippen molar-refractivity contribution in [1.82, 2.24) is 4.90 Å². The molecule has 0 bridgehead atoms. The minimum atomic E-state index is -0.174. The van der Waals surface area contributed by atoms with Crippen molar-refractivity contribution >= 4 is 21.8 Å². The van der Waals surface area contributed by atoms with E-state index >= 15 is 0 Å². The highest BCUT2D eigenvalue weighted by atomic mass is 79.9. The van der Waals surface area contributed by atoms with Crippen LogP contribution in [0.4, 0.5) is 0 Å². The van der Waals surface area contributed by atoms with Crippen molar-refractivity contribution in [3.05, 3.63) is 29.8 Å². The quantitative estimate of drug-likeness (QED) is 0.775. The number of carbonyl (C=O) groups is 1. The summed E-state index contributed by atoms with van der Waals surface area (Å²) in [6, 6.07) is 7.79. The molecule has 0 aliphatic carbocycles. The number of rotatable bonds is 2. The number of hydrogen-bond donors (Lipinski definition) is 0. The molecule has 0 N–H and O–H groups in total. The molecule has 2 heterocycles. The standard InChI is InChI=1S/C15H18BrNO3/c1-10-7-17(8-11(6-16)20-10)15(18)13-9-19-14-5-3-2-4-12(13)14/h2-5,10-11,13H,6-9H2,1H3. The van der Waals surface area contributed by atoms with Gasteiger partial charge in [-0.05, 0) is 13.0 Å².